The van der Waals surface area contributed by atoms with E-state index in [0.29, 0.717) is 0 Å². The number of hydrogen-bond acceptors (Lipinski definition) is 4. The van der Waals surface area contributed by atoms with Crippen LogP contribution in [0.4, 0.5) is 0 Å². The van der Waals surface area contributed by atoms with Crippen LogP contribution in [0, 0.1) is 0 Å². The minimum atomic E-state index is -1.14. The fourth-order valence-corrected chi connectivity index (χ4v) is 0.745. The minimum Gasteiger partial charge on any atom is -0.480 e. The van der Waals surface area contributed by atoms with Gasteiger partial charge in [-0.25, -0.2) is 9.95 Å². The van der Waals surface area contributed by atoms with Crippen molar-refractivity contribution >= 4 is 5.97 Å². The number of nitrogens with one attached hydrogen (secondary N) is 1. The van der Waals surface area contributed by atoms with E-state index >= 15 is 0 Å². The number of rotatable bonds is 3. The Bertz CT molecular complexity index is 326. The van der Waals surface area contributed by atoms with E-state index in [-0.39, 0.29) is 12.0 Å². The molecule has 0 saturated carbocycles. The second-order valence-electron chi connectivity index (χ2n) is 2.33. The van der Waals surface area contributed by atoms with E-state index in [0.717, 1.165) is 0 Å². The van der Waals surface area contributed by atoms with Gasteiger partial charge in [-0.15, -0.1) is 0 Å². The summed E-state index contributed by atoms with van der Waals surface area (Å²) in [7, 11) is 0. The molecule has 1 aromatic rings. The summed E-state index contributed by atoms with van der Waals surface area (Å²) in [5.41, 5.74) is 4.85. The molecule has 0 radical (unpaired) electrons. The van der Waals surface area contributed by atoms with Crippen LogP contribution in [-0.2, 0) is 11.2 Å². The largest absolute Gasteiger partial charge is 0.480 e. The Morgan fingerprint density at radius 3 is 2.92 bits per heavy atom. The van der Waals surface area contributed by atoms with E-state index in [1.807, 2.05) is 0 Å². The number of aromatic nitrogens is 1. The van der Waals surface area contributed by atoms with E-state index in [2.05, 4.69) is 9.68 Å². The molecule has 0 spiro atoms. The van der Waals surface area contributed by atoms with Gasteiger partial charge in [-0.1, -0.05) is 0 Å². The van der Waals surface area contributed by atoms with Gasteiger partial charge in [0.25, 0.3) is 0 Å². The maximum atomic E-state index is 10.7. The van der Waals surface area contributed by atoms with Crippen LogP contribution in [-0.4, -0.2) is 22.3 Å². The number of carboxylic acids is 1. The molecule has 1 unspecified atom stereocenters. The molecule has 0 amide bonds. The Balaban J connectivity index is 2.70. The first-order valence-corrected chi connectivity index (χ1v) is 3.25. The molecule has 6 nitrogen and oxygen atoms in total. The van der Waals surface area contributed by atoms with Gasteiger partial charge in [0, 0.05) is 12.6 Å². The first kappa shape index (κ1) is 8.54. The second-order valence-corrected chi connectivity index (χ2v) is 2.33. The Labute approximate surface area is 66.9 Å². The van der Waals surface area contributed by atoms with Gasteiger partial charge in [0.05, 0.1) is 5.56 Å². The van der Waals surface area contributed by atoms with Crippen LogP contribution in [0.5, 0.6) is 0 Å². The van der Waals surface area contributed by atoms with E-state index in [1.54, 1.807) is 0 Å². The van der Waals surface area contributed by atoms with Gasteiger partial charge in [0.1, 0.15) is 6.04 Å². The highest BCUT2D eigenvalue weighted by atomic mass is 16.5. The fourth-order valence-electron chi connectivity index (χ4n) is 0.745. The van der Waals surface area contributed by atoms with Crippen molar-refractivity contribution in [2.24, 2.45) is 5.73 Å². The number of aliphatic carboxylic acids is 1. The molecule has 1 atom stereocenters. The molecular weight excluding hydrogens is 164 g/mol. The number of carbonyl (C=O) groups is 1. The first-order chi connectivity index (χ1) is 5.61. The highest BCUT2D eigenvalue weighted by Gasteiger charge is 2.15. The topological polar surface area (TPSA) is 109 Å². The van der Waals surface area contributed by atoms with Gasteiger partial charge in [-0.2, -0.15) is 0 Å². The van der Waals surface area contributed by atoms with Gasteiger partial charge in [-0.3, -0.25) is 4.79 Å². The third-order valence-corrected chi connectivity index (χ3v) is 1.40. The van der Waals surface area contributed by atoms with Gasteiger partial charge in [0.2, 0.25) is 0 Å². The summed E-state index contributed by atoms with van der Waals surface area (Å²) in [6.07, 6.45) is 1.27. The zero-order chi connectivity index (χ0) is 9.14. The zero-order valence-electron chi connectivity index (χ0n) is 6.11. The molecule has 0 aromatic carbocycles. The summed E-state index contributed by atoms with van der Waals surface area (Å²) in [6, 6.07) is -1.07. The van der Waals surface area contributed by atoms with Crippen molar-refractivity contribution < 1.29 is 14.4 Å². The van der Waals surface area contributed by atoms with E-state index in [1.165, 1.54) is 6.20 Å². The highest BCUT2D eigenvalue weighted by molar-refractivity contribution is 5.73. The van der Waals surface area contributed by atoms with Gasteiger partial charge < -0.3 is 15.4 Å². The second kappa shape index (κ2) is 3.22. The predicted molar refractivity (Wildman–Crippen MR) is 38.6 cm³/mol. The number of hydrogen-bond donors (Lipinski definition) is 3. The lowest BCUT2D eigenvalue weighted by molar-refractivity contribution is -0.138. The summed E-state index contributed by atoms with van der Waals surface area (Å²) in [6.45, 7) is 0. The summed E-state index contributed by atoms with van der Waals surface area (Å²) in [5.74, 6) is -1.14. The molecule has 6 heteroatoms. The number of nitrogens with two attached hydrogens (primary N) is 1. The lowest BCUT2D eigenvalue weighted by Gasteiger charge is -2.00. The quantitative estimate of drug-likeness (QED) is 0.537. The standard InChI is InChI=1S/C6H8N2O4/c7-4(5(9)10)1-3-2-8-12-6(3)11/h2,4,8H,1,7H2,(H,9,10). The molecule has 1 heterocycles. The van der Waals surface area contributed by atoms with Crippen LogP contribution >= 0.6 is 0 Å². The van der Waals surface area contributed by atoms with Crippen LogP contribution in [0.1, 0.15) is 5.56 Å². The molecular formula is C6H8N2O4. The van der Waals surface area contributed by atoms with Crippen molar-refractivity contribution in [2.75, 3.05) is 0 Å². The summed E-state index contributed by atoms with van der Waals surface area (Å²) in [4.78, 5) is 21.0. The smallest absolute Gasteiger partial charge is 0.360 e. The molecule has 12 heavy (non-hydrogen) atoms. The van der Waals surface area contributed by atoms with Crippen molar-refractivity contribution in [2.45, 2.75) is 12.5 Å². The maximum absolute atomic E-state index is 10.7. The van der Waals surface area contributed by atoms with Crippen molar-refractivity contribution in [3.8, 4) is 0 Å². The first-order valence-electron chi connectivity index (χ1n) is 3.25. The Kier molecular flexibility index (Phi) is 2.29. The van der Waals surface area contributed by atoms with E-state index in [4.69, 9.17) is 10.8 Å². The van der Waals surface area contributed by atoms with Crippen molar-refractivity contribution in [1.82, 2.24) is 5.16 Å². The monoisotopic (exact) mass is 172 g/mol. The molecule has 0 fully saturated rings. The summed E-state index contributed by atoms with van der Waals surface area (Å²) in [5, 5.41) is 10.6. The highest BCUT2D eigenvalue weighted by Crippen LogP contribution is 1.94. The molecule has 0 aliphatic carbocycles. The van der Waals surface area contributed by atoms with Gasteiger partial charge >= 0.3 is 11.6 Å². The normalized spacial score (nSPS) is 12.8. The molecule has 4 N–H and O–H groups in total. The van der Waals surface area contributed by atoms with E-state index < -0.39 is 17.6 Å². The summed E-state index contributed by atoms with van der Waals surface area (Å²) < 4.78 is 4.32. The van der Waals surface area contributed by atoms with E-state index in [9.17, 15) is 9.59 Å². The molecule has 1 aromatic heterocycles. The average molecular weight is 172 g/mol. The van der Waals surface area contributed by atoms with Crippen LogP contribution in [0.15, 0.2) is 15.5 Å². The molecule has 66 valence electrons. The molecule has 0 aliphatic rings. The van der Waals surface area contributed by atoms with Crippen molar-refractivity contribution in [3.63, 3.8) is 0 Å². The Morgan fingerprint density at radius 2 is 2.50 bits per heavy atom. The number of carboxylic acid groups (broad SMARTS) is 1. The molecule has 1 rings (SSSR count). The SMILES string of the molecule is NC(Cc1c[nH]oc1=O)C(=O)O. The lowest BCUT2D eigenvalue weighted by atomic mass is 10.1. The molecule has 0 aliphatic heterocycles. The minimum absolute atomic E-state index is 0.0266. The van der Waals surface area contributed by atoms with Crippen LogP contribution in [0.3, 0.4) is 0 Å². The predicted octanol–water partition coefficient (Wildman–Crippen LogP) is -1.08. The third-order valence-electron chi connectivity index (χ3n) is 1.40. The van der Waals surface area contributed by atoms with Crippen molar-refractivity contribution in [3.05, 3.63) is 22.2 Å². The number of aromatic amines is 1. The van der Waals surface area contributed by atoms with Crippen LogP contribution in [0.25, 0.3) is 0 Å². The Morgan fingerprint density at radius 1 is 1.83 bits per heavy atom. The molecule has 0 bridgehead atoms. The Hall–Kier alpha value is -1.56. The third kappa shape index (κ3) is 1.73. The van der Waals surface area contributed by atoms with Gasteiger partial charge in [0.15, 0.2) is 0 Å². The zero-order valence-corrected chi connectivity index (χ0v) is 6.11. The lowest BCUT2D eigenvalue weighted by Crippen LogP contribution is -2.33. The van der Waals surface area contributed by atoms with Crippen LogP contribution < -0.4 is 11.4 Å². The number of H-pyrrole nitrogens is 1. The van der Waals surface area contributed by atoms with Crippen LogP contribution in [0.2, 0.25) is 0 Å². The maximum Gasteiger partial charge on any atom is 0.360 e. The van der Waals surface area contributed by atoms with Crippen molar-refractivity contribution in [1.29, 1.82) is 0 Å². The molecule has 0 saturated heterocycles. The average Bonchev–Trinajstić information content (AvgIpc) is 2.36. The van der Waals surface area contributed by atoms with Gasteiger partial charge in [-0.05, 0) is 0 Å². The summed E-state index contributed by atoms with van der Waals surface area (Å²) >= 11 is 0. The fraction of sp³-hybridized carbons (Fsp3) is 0.333.